The van der Waals surface area contributed by atoms with Gasteiger partial charge in [0, 0.05) is 24.0 Å². The first kappa shape index (κ1) is 16.7. The summed E-state index contributed by atoms with van der Waals surface area (Å²) in [4.78, 5) is 11.9. The van der Waals surface area contributed by atoms with E-state index < -0.39 is 4.92 Å². The number of nitrogens with one attached hydrogen (secondary N) is 1. The van der Waals surface area contributed by atoms with Gasteiger partial charge in [0.15, 0.2) is 0 Å². The summed E-state index contributed by atoms with van der Waals surface area (Å²) in [6.07, 6.45) is 3.57. The normalized spacial score (nSPS) is 24.9. The number of nitro groups is 1. The zero-order chi connectivity index (χ0) is 15.9. The number of hydrogen-bond donors (Lipinski definition) is 1. The van der Waals surface area contributed by atoms with Gasteiger partial charge in [-0.15, -0.1) is 0 Å². The molecule has 2 atom stereocenters. The average Bonchev–Trinajstić information content (AvgIpc) is 2.46. The minimum atomic E-state index is -0.396. The maximum atomic E-state index is 10.6. The molecule has 1 heterocycles. The highest BCUT2D eigenvalue weighted by Gasteiger charge is 2.24. The zero-order valence-electron chi connectivity index (χ0n) is 13.6. The van der Waals surface area contributed by atoms with E-state index in [0.717, 1.165) is 18.3 Å². The number of non-ortho nitro benzene ring substituents is 1. The van der Waals surface area contributed by atoms with E-state index in [1.807, 2.05) is 0 Å². The lowest BCUT2D eigenvalue weighted by Gasteiger charge is -2.32. The van der Waals surface area contributed by atoms with Gasteiger partial charge in [0.1, 0.15) is 5.75 Å². The number of benzene rings is 1. The zero-order valence-corrected chi connectivity index (χ0v) is 13.6. The summed E-state index contributed by atoms with van der Waals surface area (Å²) in [7, 11) is 0. The van der Waals surface area contributed by atoms with Crippen molar-refractivity contribution >= 4 is 5.69 Å². The number of nitrogens with zero attached hydrogens (tertiary/aromatic N) is 1. The lowest BCUT2D eigenvalue weighted by atomic mass is 9.92. The first-order valence-corrected chi connectivity index (χ1v) is 8.25. The minimum Gasteiger partial charge on any atom is -0.494 e. The highest BCUT2D eigenvalue weighted by molar-refractivity contribution is 5.35. The van der Waals surface area contributed by atoms with E-state index in [1.54, 1.807) is 17.0 Å². The molecule has 0 radical (unpaired) electrons. The fourth-order valence-electron chi connectivity index (χ4n) is 3.46. The molecule has 0 bridgehead atoms. The molecular weight excluding hydrogens is 280 g/mol. The van der Waals surface area contributed by atoms with Crippen molar-refractivity contribution in [2.24, 2.45) is 11.8 Å². The summed E-state index contributed by atoms with van der Waals surface area (Å²) in [6.45, 7) is 9.20. The van der Waals surface area contributed by atoms with Gasteiger partial charge in [-0.3, -0.25) is 10.1 Å². The van der Waals surface area contributed by atoms with Crippen LogP contribution in [0.5, 0.6) is 5.75 Å². The van der Waals surface area contributed by atoms with Crippen molar-refractivity contribution in [1.82, 2.24) is 0 Å². The third-order valence-corrected chi connectivity index (χ3v) is 4.32. The summed E-state index contributed by atoms with van der Waals surface area (Å²) in [5, 5.41) is 10.6. The molecule has 1 fully saturated rings. The molecule has 1 aromatic carbocycles. The second-order valence-electron chi connectivity index (χ2n) is 6.66. The van der Waals surface area contributed by atoms with Crippen molar-refractivity contribution in [3.63, 3.8) is 0 Å². The number of unbranched alkanes of at least 4 members (excludes halogenated alkanes) is 1. The number of ether oxygens (including phenoxy) is 1. The van der Waals surface area contributed by atoms with Crippen molar-refractivity contribution in [3.05, 3.63) is 34.4 Å². The van der Waals surface area contributed by atoms with Gasteiger partial charge in [-0.1, -0.05) is 13.8 Å². The third kappa shape index (κ3) is 5.30. The molecule has 1 aliphatic rings. The number of quaternary nitrogens is 1. The Hall–Kier alpha value is -1.62. The lowest BCUT2D eigenvalue weighted by molar-refractivity contribution is -0.912. The molecule has 122 valence electrons. The first-order valence-electron chi connectivity index (χ1n) is 8.25. The molecule has 0 saturated carbocycles. The molecule has 0 spiro atoms. The van der Waals surface area contributed by atoms with Gasteiger partial charge in [-0.25, -0.2) is 0 Å². The molecule has 0 unspecified atom stereocenters. The van der Waals surface area contributed by atoms with E-state index in [1.165, 1.54) is 44.6 Å². The molecular formula is C17H27N2O3+. The Kier molecular flexibility index (Phi) is 6.19. The van der Waals surface area contributed by atoms with E-state index in [9.17, 15) is 10.1 Å². The lowest BCUT2D eigenvalue weighted by Crippen LogP contribution is -3.14. The van der Waals surface area contributed by atoms with Crippen molar-refractivity contribution in [2.75, 3.05) is 26.2 Å². The van der Waals surface area contributed by atoms with Crippen LogP contribution in [-0.2, 0) is 0 Å². The molecule has 1 aliphatic heterocycles. The Balaban J connectivity index is 1.62. The molecule has 2 rings (SSSR count). The van der Waals surface area contributed by atoms with E-state index in [0.29, 0.717) is 12.4 Å². The van der Waals surface area contributed by atoms with Crippen LogP contribution in [-0.4, -0.2) is 31.2 Å². The molecule has 22 heavy (non-hydrogen) atoms. The number of piperidine rings is 1. The largest absolute Gasteiger partial charge is 0.494 e. The minimum absolute atomic E-state index is 0.101. The van der Waals surface area contributed by atoms with Gasteiger partial charge in [0.2, 0.25) is 0 Å². The Morgan fingerprint density at radius 1 is 1.18 bits per heavy atom. The van der Waals surface area contributed by atoms with Gasteiger partial charge < -0.3 is 9.64 Å². The maximum absolute atomic E-state index is 10.6. The van der Waals surface area contributed by atoms with Gasteiger partial charge in [0.05, 0.1) is 31.2 Å². The molecule has 5 nitrogen and oxygen atoms in total. The fourth-order valence-corrected chi connectivity index (χ4v) is 3.46. The molecule has 0 aromatic heterocycles. The molecule has 0 aliphatic carbocycles. The van der Waals surface area contributed by atoms with Gasteiger partial charge in [-0.05, 0) is 31.4 Å². The standard InChI is InChI=1S/C17H26N2O3/c1-14-11-15(2)13-18(12-14)9-3-4-10-22-17-7-5-16(6-8-17)19(20)21/h5-8,14-15H,3-4,9-13H2,1-2H3/p+1/t14-,15-/m0/s1. The highest BCUT2D eigenvalue weighted by atomic mass is 16.6. The summed E-state index contributed by atoms with van der Waals surface area (Å²) in [6, 6.07) is 6.29. The van der Waals surface area contributed by atoms with E-state index in [2.05, 4.69) is 13.8 Å². The summed E-state index contributed by atoms with van der Waals surface area (Å²) < 4.78 is 5.64. The van der Waals surface area contributed by atoms with Gasteiger partial charge >= 0.3 is 0 Å². The predicted molar refractivity (Wildman–Crippen MR) is 86.3 cm³/mol. The number of rotatable bonds is 7. The Morgan fingerprint density at radius 3 is 2.41 bits per heavy atom. The van der Waals surface area contributed by atoms with Crippen molar-refractivity contribution in [1.29, 1.82) is 0 Å². The Morgan fingerprint density at radius 2 is 1.82 bits per heavy atom. The highest BCUT2D eigenvalue weighted by Crippen LogP contribution is 2.17. The first-order chi connectivity index (χ1) is 10.5. The average molecular weight is 307 g/mol. The van der Waals surface area contributed by atoms with Crippen LogP contribution in [0.1, 0.15) is 33.1 Å². The summed E-state index contributed by atoms with van der Waals surface area (Å²) in [5.41, 5.74) is 0.101. The van der Waals surface area contributed by atoms with Crippen LogP contribution in [0.4, 0.5) is 5.69 Å². The molecule has 0 amide bonds. The molecule has 1 N–H and O–H groups in total. The van der Waals surface area contributed by atoms with Gasteiger partial charge in [-0.2, -0.15) is 0 Å². The van der Waals surface area contributed by atoms with Crippen LogP contribution in [0.3, 0.4) is 0 Å². The molecule has 1 aromatic rings. The van der Waals surface area contributed by atoms with Crippen molar-refractivity contribution < 1.29 is 14.6 Å². The second-order valence-corrected chi connectivity index (χ2v) is 6.66. The van der Waals surface area contributed by atoms with Crippen LogP contribution in [0.25, 0.3) is 0 Å². The van der Waals surface area contributed by atoms with E-state index in [4.69, 9.17) is 4.74 Å². The molecule has 5 heteroatoms. The second kappa shape index (κ2) is 8.13. The van der Waals surface area contributed by atoms with E-state index in [-0.39, 0.29) is 5.69 Å². The Labute approximate surface area is 132 Å². The van der Waals surface area contributed by atoms with Crippen LogP contribution in [0.2, 0.25) is 0 Å². The summed E-state index contributed by atoms with van der Waals surface area (Å²) in [5.74, 6) is 2.39. The van der Waals surface area contributed by atoms with Crippen LogP contribution < -0.4 is 9.64 Å². The van der Waals surface area contributed by atoms with Crippen LogP contribution in [0, 0.1) is 22.0 Å². The third-order valence-electron chi connectivity index (χ3n) is 4.32. The van der Waals surface area contributed by atoms with E-state index >= 15 is 0 Å². The van der Waals surface area contributed by atoms with Crippen molar-refractivity contribution in [2.45, 2.75) is 33.1 Å². The fraction of sp³-hybridized carbons (Fsp3) is 0.647. The smallest absolute Gasteiger partial charge is 0.269 e. The quantitative estimate of drug-likeness (QED) is 0.478. The SMILES string of the molecule is C[C@H]1C[C@H](C)C[NH+](CCCCOc2ccc([N+](=O)[O-])cc2)C1. The van der Waals surface area contributed by atoms with Crippen LogP contribution >= 0.6 is 0 Å². The number of nitro benzene ring substituents is 1. The van der Waals surface area contributed by atoms with Gasteiger partial charge in [0.25, 0.3) is 5.69 Å². The Bertz CT molecular complexity index is 465. The topological polar surface area (TPSA) is 56.8 Å². The summed E-state index contributed by atoms with van der Waals surface area (Å²) >= 11 is 0. The number of hydrogen-bond acceptors (Lipinski definition) is 3. The van der Waals surface area contributed by atoms with Crippen LogP contribution in [0.15, 0.2) is 24.3 Å². The van der Waals surface area contributed by atoms with Crippen molar-refractivity contribution in [3.8, 4) is 5.75 Å². The predicted octanol–water partition coefficient (Wildman–Crippen LogP) is 2.31. The molecule has 1 saturated heterocycles. The number of likely N-dealkylation sites (tertiary alicyclic amines) is 1. The monoisotopic (exact) mass is 307 g/mol. The maximum Gasteiger partial charge on any atom is 0.269 e.